The fourth-order valence-electron chi connectivity index (χ4n) is 5.07. The van der Waals surface area contributed by atoms with Crippen molar-refractivity contribution in [3.05, 3.63) is 130 Å². The molecule has 21 heteroatoms. The summed E-state index contributed by atoms with van der Waals surface area (Å²) in [5, 5.41) is 52.0. The van der Waals surface area contributed by atoms with Crippen LogP contribution in [0.25, 0.3) is 0 Å². The minimum absolute atomic E-state index is 0. The summed E-state index contributed by atoms with van der Waals surface area (Å²) in [4.78, 5) is 70.1. The number of benzene rings is 4. The first-order valence-corrected chi connectivity index (χ1v) is 20.4. The first-order chi connectivity index (χ1) is 33.5. The Kier molecular flexibility index (Phi) is 30.0. The molecule has 0 saturated heterocycles. The van der Waals surface area contributed by atoms with Gasteiger partial charge in [-0.25, -0.2) is 14.4 Å². The number of esters is 2. The summed E-state index contributed by atoms with van der Waals surface area (Å²) >= 11 is 0. The molecular formula is C49H58ClFN4O15. The number of carboxylic acids is 1. The smallest absolute Gasteiger partial charge is 0.338 e. The van der Waals surface area contributed by atoms with Crippen LogP contribution in [0.4, 0.5) is 4.39 Å². The van der Waals surface area contributed by atoms with Crippen molar-refractivity contribution in [2.75, 3.05) is 76.0 Å². The third kappa shape index (κ3) is 22.0. The Balaban J connectivity index is 0.00000111. The molecule has 3 amide bonds. The quantitative estimate of drug-likeness (QED) is 0.0445. The Bertz CT molecular complexity index is 2360. The average molecular weight is 998 g/mol. The number of hydrogen-bond donors (Lipinski definition) is 8. The molecule has 0 fully saturated rings. The van der Waals surface area contributed by atoms with Crippen molar-refractivity contribution in [2.45, 2.75) is 24.3 Å². The van der Waals surface area contributed by atoms with Crippen LogP contribution in [0.15, 0.2) is 97.1 Å². The predicted octanol–water partition coefficient (Wildman–Crippen LogP) is 1.20. The van der Waals surface area contributed by atoms with Crippen LogP contribution in [0.2, 0.25) is 0 Å². The van der Waals surface area contributed by atoms with Crippen molar-refractivity contribution < 1.29 is 79.0 Å². The molecule has 4 atom stereocenters. The highest BCUT2D eigenvalue weighted by atomic mass is 35.5. The van der Waals surface area contributed by atoms with Crippen molar-refractivity contribution in [1.82, 2.24) is 20.9 Å². The number of alkyl halides is 1. The van der Waals surface area contributed by atoms with Gasteiger partial charge in [0.25, 0.3) is 11.8 Å². The maximum Gasteiger partial charge on any atom is 0.338 e. The van der Waals surface area contributed by atoms with E-state index < -0.39 is 67.1 Å². The van der Waals surface area contributed by atoms with E-state index >= 15 is 0 Å². The van der Waals surface area contributed by atoms with E-state index in [1.807, 2.05) is 0 Å². The molecule has 4 aromatic rings. The second kappa shape index (κ2) is 34.7. The van der Waals surface area contributed by atoms with E-state index in [4.69, 9.17) is 26.2 Å². The number of rotatable bonds is 16. The van der Waals surface area contributed by atoms with E-state index in [2.05, 4.69) is 49.1 Å². The zero-order valence-electron chi connectivity index (χ0n) is 40.1. The van der Waals surface area contributed by atoms with Crippen molar-refractivity contribution >= 4 is 48.0 Å². The lowest BCUT2D eigenvalue weighted by Crippen LogP contribution is -2.51. The first-order valence-electron chi connectivity index (χ1n) is 21.1. The molecule has 8 N–H and O–H groups in total. The number of ether oxygens (including phenoxy) is 4. The molecule has 378 valence electrons. The second-order valence-electron chi connectivity index (χ2n) is 13.6. The molecule has 0 spiro atoms. The third-order valence-corrected chi connectivity index (χ3v) is 8.84. The molecule has 0 saturated carbocycles. The normalized spacial score (nSPS) is 11.4. The maximum absolute atomic E-state index is 12.7. The summed E-state index contributed by atoms with van der Waals surface area (Å²) in [5.41, 5.74) is 3.41. The van der Waals surface area contributed by atoms with Crippen LogP contribution in [-0.4, -0.2) is 166 Å². The number of halogens is 2. The van der Waals surface area contributed by atoms with Gasteiger partial charge in [-0.3, -0.25) is 24.1 Å². The van der Waals surface area contributed by atoms with Crippen molar-refractivity contribution in [2.24, 2.45) is 0 Å². The minimum atomic E-state index is -1.40. The number of carbonyl (C=O) groups is 6. The second-order valence-corrected chi connectivity index (χ2v) is 13.6. The van der Waals surface area contributed by atoms with E-state index in [-0.39, 0.29) is 50.0 Å². The lowest BCUT2D eigenvalue weighted by Gasteiger charge is -2.24. The topological polar surface area (TPSA) is 280 Å². The van der Waals surface area contributed by atoms with Gasteiger partial charge >= 0.3 is 17.9 Å². The molecule has 70 heavy (non-hydrogen) atoms. The Morgan fingerprint density at radius 2 is 0.971 bits per heavy atom. The fraction of sp³-hybridized carbons (Fsp3) is 0.306. The number of methoxy groups -OCH3 is 2. The largest absolute Gasteiger partial charge is 0.491 e. The highest BCUT2D eigenvalue weighted by Crippen LogP contribution is 2.15. The van der Waals surface area contributed by atoms with Gasteiger partial charge in [-0.05, 0) is 104 Å². The highest BCUT2D eigenvalue weighted by molar-refractivity contribution is 6.07. The summed E-state index contributed by atoms with van der Waals surface area (Å²) in [5.74, 6) is 9.05. The van der Waals surface area contributed by atoms with Gasteiger partial charge in [-0.2, -0.15) is 0 Å². The molecule has 0 aliphatic rings. The van der Waals surface area contributed by atoms with Crippen LogP contribution in [-0.2, 0) is 28.7 Å². The van der Waals surface area contributed by atoms with Gasteiger partial charge < -0.3 is 60.0 Å². The van der Waals surface area contributed by atoms with Crippen LogP contribution in [0.3, 0.4) is 0 Å². The number of likely N-dealkylation sites (N-methyl/N-ethyl adjacent to an activating group) is 4. The number of nitrogens with zero attached hydrogens (tertiary/aromatic N) is 1. The minimum Gasteiger partial charge on any atom is -0.491 e. The van der Waals surface area contributed by atoms with Gasteiger partial charge in [0.15, 0.2) is 6.04 Å². The van der Waals surface area contributed by atoms with Gasteiger partial charge in [0.2, 0.25) is 11.9 Å². The summed E-state index contributed by atoms with van der Waals surface area (Å²) < 4.78 is 35.1. The summed E-state index contributed by atoms with van der Waals surface area (Å²) in [7, 11) is 7.06. The lowest BCUT2D eigenvalue weighted by atomic mass is 10.1. The molecule has 0 bridgehead atoms. The Labute approximate surface area is 412 Å². The zero-order chi connectivity index (χ0) is 52.6. The summed E-state index contributed by atoms with van der Waals surface area (Å²) in [6, 6.07) is 24.4. The van der Waals surface area contributed by atoms with E-state index in [1.165, 1.54) is 47.4 Å². The van der Waals surface area contributed by atoms with Gasteiger partial charge in [0.05, 0.1) is 41.5 Å². The van der Waals surface area contributed by atoms with Gasteiger partial charge in [-0.15, -0.1) is 12.4 Å². The lowest BCUT2D eigenvalue weighted by molar-refractivity contribution is -0.150. The SMILES string of the molecule is CNC(=O)C(C(=O)OC)N(C)C(=O)c1ccc(C#Cc2ccc(OCC(O)CO)cc2)cc1.CNC(=O)C(NC)C(=O)OC.Cl.O=C(O)c1ccc(C#Cc2ccc(OCC(O)CO)cc2)cc1.[2H]CF. The molecule has 0 aliphatic carbocycles. The standard InChI is InChI=1S/C24H26N2O7.C18H16O5.C6H12N2O3.CH3F.ClH/c1-25-22(29)21(24(31)32-3)26(2)23(30)18-10-6-16(7-11-18)4-5-17-8-12-20(13-9-17)33-15-19(28)14-27;19-11-16(20)12-23-17-9-5-14(6-10-17)2-1-13-3-7-15(8-4-13)18(21)22;1-7-4(5(9)8-2)6(10)11-3;1-2;/h6-13,19,21,27-28H,14-15H2,1-3H3,(H,25,29);3-10,16,19-20H,11-12H2,(H,21,22);4,7H,1-3H3,(H,8,9);1H3;1H/i;;;1D;. The maximum atomic E-state index is 12.7. The first kappa shape index (κ1) is 60.5. The molecule has 19 nitrogen and oxygen atoms in total. The molecule has 0 heterocycles. The number of carboxylic acid groups (broad SMARTS) is 1. The fourth-order valence-corrected chi connectivity index (χ4v) is 5.07. The summed E-state index contributed by atoms with van der Waals surface area (Å²) in [6.45, 7) is -0.697. The van der Waals surface area contributed by atoms with Crippen LogP contribution in [0.1, 0.15) is 44.3 Å². The van der Waals surface area contributed by atoms with Gasteiger partial charge in [0.1, 0.15) is 36.9 Å². The number of hydrogen-bond acceptors (Lipinski definition) is 15. The molecule has 4 unspecified atom stereocenters. The van der Waals surface area contributed by atoms with Gasteiger partial charge in [-0.1, -0.05) is 23.7 Å². The Hall–Kier alpha value is -7.56. The number of aliphatic hydroxyl groups is 4. The number of aliphatic hydroxyl groups excluding tert-OH is 4. The predicted molar refractivity (Wildman–Crippen MR) is 257 cm³/mol. The van der Waals surface area contributed by atoms with Gasteiger partial charge in [0, 0.05) is 49.0 Å². The molecule has 4 aromatic carbocycles. The number of amides is 3. The summed E-state index contributed by atoms with van der Waals surface area (Å²) in [6.07, 6.45) is -1.84. The molecule has 0 aromatic heterocycles. The number of carbonyl (C=O) groups excluding carboxylic acids is 5. The number of aromatic carboxylic acids is 1. The van der Waals surface area contributed by atoms with Crippen molar-refractivity contribution in [3.63, 3.8) is 0 Å². The molecule has 0 aliphatic heterocycles. The molecule has 4 rings (SSSR count). The molecular weight excluding hydrogens is 939 g/mol. The Morgan fingerprint density at radius 3 is 1.27 bits per heavy atom. The van der Waals surface area contributed by atoms with Crippen LogP contribution >= 0.6 is 12.4 Å². The van der Waals surface area contributed by atoms with Crippen molar-refractivity contribution in [1.29, 1.82) is 0 Å². The van der Waals surface area contributed by atoms with Crippen LogP contribution in [0, 0.1) is 23.7 Å². The third-order valence-electron chi connectivity index (χ3n) is 8.84. The van der Waals surface area contributed by atoms with E-state index in [1.54, 1.807) is 84.9 Å². The number of nitrogens with one attached hydrogen (secondary N) is 3. The van der Waals surface area contributed by atoms with E-state index in [0.717, 1.165) is 28.7 Å². The average Bonchev–Trinajstić information content (AvgIpc) is 3.39. The van der Waals surface area contributed by atoms with Crippen LogP contribution in [0.5, 0.6) is 11.5 Å². The monoisotopic (exact) mass is 997 g/mol. The van der Waals surface area contributed by atoms with E-state index in [0.29, 0.717) is 17.1 Å². The highest BCUT2D eigenvalue weighted by Gasteiger charge is 2.34. The zero-order valence-corrected chi connectivity index (χ0v) is 40.0. The van der Waals surface area contributed by atoms with Crippen LogP contribution < -0.4 is 25.4 Å². The van der Waals surface area contributed by atoms with Crippen molar-refractivity contribution in [3.8, 4) is 35.2 Å². The Morgan fingerprint density at radius 1 is 0.629 bits per heavy atom. The molecule has 0 radical (unpaired) electrons. The van der Waals surface area contributed by atoms with E-state index in [9.17, 15) is 43.4 Å².